The van der Waals surface area contributed by atoms with Crippen LogP contribution >= 0.6 is 11.3 Å². The SMILES string of the molecule is O=CC(NC(=O)c1cccs1)c1ccccc1. The van der Waals surface area contributed by atoms with Gasteiger partial charge in [-0.15, -0.1) is 11.3 Å². The Balaban J connectivity index is 2.11. The number of rotatable bonds is 4. The molecule has 0 aliphatic heterocycles. The Morgan fingerprint density at radius 3 is 2.53 bits per heavy atom. The van der Waals surface area contributed by atoms with Gasteiger partial charge in [-0.1, -0.05) is 36.4 Å². The highest BCUT2D eigenvalue weighted by Crippen LogP contribution is 2.13. The third-order valence-corrected chi connectivity index (χ3v) is 3.19. The van der Waals surface area contributed by atoms with E-state index in [1.807, 2.05) is 35.7 Å². The predicted octanol–water partition coefficient (Wildman–Crippen LogP) is 2.42. The number of carbonyl (C=O) groups is 2. The van der Waals surface area contributed by atoms with Crippen molar-refractivity contribution in [2.75, 3.05) is 0 Å². The smallest absolute Gasteiger partial charge is 0.262 e. The van der Waals surface area contributed by atoms with Gasteiger partial charge in [-0.25, -0.2) is 0 Å². The fraction of sp³-hybridized carbons (Fsp3) is 0.0769. The molecule has 0 aliphatic carbocycles. The van der Waals surface area contributed by atoms with Crippen molar-refractivity contribution in [1.82, 2.24) is 5.32 Å². The van der Waals surface area contributed by atoms with Crippen molar-refractivity contribution in [3.8, 4) is 0 Å². The predicted molar refractivity (Wildman–Crippen MR) is 67.0 cm³/mol. The largest absolute Gasteiger partial charge is 0.338 e. The molecule has 2 rings (SSSR count). The van der Waals surface area contributed by atoms with Gasteiger partial charge in [0.1, 0.15) is 12.3 Å². The van der Waals surface area contributed by atoms with Crippen LogP contribution in [0.4, 0.5) is 0 Å². The average molecular weight is 245 g/mol. The molecule has 1 atom stereocenters. The van der Waals surface area contributed by atoms with E-state index in [4.69, 9.17) is 0 Å². The lowest BCUT2D eigenvalue weighted by molar-refractivity contribution is -0.109. The molecule has 1 heterocycles. The van der Waals surface area contributed by atoms with Crippen LogP contribution in [0, 0.1) is 0 Å². The van der Waals surface area contributed by atoms with Crippen LogP contribution in [0.3, 0.4) is 0 Å². The zero-order valence-electron chi connectivity index (χ0n) is 9.00. The third-order valence-electron chi connectivity index (χ3n) is 2.33. The van der Waals surface area contributed by atoms with Crippen molar-refractivity contribution in [2.45, 2.75) is 6.04 Å². The Morgan fingerprint density at radius 2 is 1.94 bits per heavy atom. The maximum Gasteiger partial charge on any atom is 0.262 e. The molecule has 4 heteroatoms. The van der Waals surface area contributed by atoms with Crippen LogP contribution in [0.25, 0.3) is 0 Å². The zero-order valence-corrected chi connectivity index (χ0v) is 9.81. The second-order valence-corrected chi connectivity index (χ2v) is 4.42. The lowest BCUT2D eigenvalue weighted by Crippen LogP contribution is -2.28. The summed E-state index contributed by atoms with van der Waals surface area (Å²) in [6, 6.07) is 12.1. The van der Waals surface area contributed by atoms with Gasteiger partial charge < -0.3 is 10.1 Å². The van der Waals surface area contributed by atoms with Crippen molar-refractivity contribution >= 4 is 23.5 Å². The molecule has 0 saturated heterocycles. The summed E-state index contributed by atoms with van der Waals surface area (Å²) < 4.78 is 0. The van der Waals surface area contributed by atoms with E-state index in [1.165, 1.54) is 11.3 Å². The van der Waals surface area contributed by atoms with Gasteiger partial charge in [0.25, 0.3) is 5.91 Å². The number of thiophene rings is 1. The summed E-state index contributed by atoms with van der Waals surface area (Å²) in [6.07, 6.45) is 0.737. The van der Waals surface area contributed by atoms with E-state index >= 15 is 0 Å². The topological polar surface area (TPSA) is 46.2 Å². The van der Waals surface area contributed by atoms with Crippen LogP contribution < -0.4 is 5.32 Å². The zero-order chi connectivity index (χ0) is 12.1. The fourth-order valence-electron chi connectivity index (χ4n) is 1.48. The number of hydrogen-bond acceptors (Lipinski definition) is 3. The lowest BCUT2D eigenvalue weighted by Gasteiger charge is -2.12. The quantitative estimate of drug-likeness (QED) is 0.841. The van der Waals surface area contributed by atoms with Crippen molar-refractivity contribution in [1.29, 1.82) is 0 Å². The van der Waals surface area contributed by atoms with Crippen molar-refractivity contribution < 1.29 is 9.59 Å². The molecule has 1 aromatic carbocycles. The Bertz CT molecular complexity index is 493. The minimum Gasteiger partial charge on any atom is -0.338 e. The molecule has 1 unspecified atom stereocenters. The monoisotopic (exact) mass is 245 g/mol. The standard InChI is InChI=1S/C13H11NO2S/c15-9-11(10-5-2-1-3-6-10)14-13(16)12-7-4-8-17-12/h1-9,11H,(H,14,16). The number of benzene rings is 1. The number of carbonyl (C=O) groups excluding carboxylic acids is 2. The van der Waals surface area contributed by atoms with Crippen LogP contribution in [0.5, 0.6) is 0 Å². The minimum absolute atomic E-state index is 0.221. The molecule has 1 amide bonds. The van der Waals surface area contributed by atoms with Crippen LogP contribution in [0.15, 0.2) is 47.8 Å². The summed E-state index contributed by atoms with van der Waals surface area (Å²) in [6.45, 7) is 0. The average Bonchev–Trinajstić information content (AvgIpc) is 2.90. The summed E-state index contributed by atoms with van der Waals surface area (Å²) in [4.78, 5) is 23.4. The van der Waals surface area contributed by atoms with Gasteiger partial charge in [0.05, 0.1) is 4.88 Å². The number of hydrogen-bond donors (Lipinski definition) is 1. The van der Waals surface area contributed by atoms with E-state index in [9.17, 15) is 9.59 Å². The molecule has 0 aliphatic rings. The van der Waals surface area contributed by atoms with Gasteiger partial charge in [0.15, 0.2) is 0 Å². The maximum absolute atomic E-state index is 11.8. The molecule has 17 heavy (non-hydrogen) atoms. The first-order valence-corrected chi connectivity index (χ1v) is 6.04. The molecule has 3 nitrogen and oxygen atoms in total. The lowest BCUT2D eigenvalue weighted by atomic mass is 10.1. The normalized spacial score (nSPS) is 11.8. The Labute approximate surface area is 103 Å². The molecular weight excluding hydrogens is 234 g/mol. The molecule has 1 N–H and O–H groups in total. The first-order valence-electron chi connectivity index (χ1n) is 5.16. The molecule has 0 bridgehead atoms. The Hall–Kier alpha value is -1.94. The van der Waals surface area contributed by atoms with Gasteiger partial charge in [-0.3, -0.25) is 4.79 Å². The van der Waals surface area contributed by atoms with Gasteiger partial charge in [-0.05, 0) is 17.0 Å². The molecule has 2 aromatic rings. The van der Waals surface area contributed by atoms with Gasteiger partial charge >= 0.3 is 0 Å². The highest BCUT2D eigenvalue weighted by molar-refractivity contribution is 7.12. The van der Waals surface area contributed by atoms with Crippen LogP contribution in [-0.2, 0) is 4.79 Å². The fourth-order valence-corrected chi connectivity index (χ4v) is 2.10. The molecule has 0 radical (unpaired) electrons. The van der Waals surface area contributed by atoms with E-state index in [2.05, 4.69) is 5.32 Å². The van der Waals surface area contributed by atoms with E-state index < -0.39 is 6.04 Å². The van der Waals surface area contributed by atoms with E-state index in [-0.39, 0.29) is 5.91 Å². The summed E-state index contributed by atoms with van der Waals surface area (Å²) in [5.74, 6) is -0.221. The summed E-state index contributed by atoms with van der Waals surface area (Å²) in [7, 11) is 0. The number of aldehydes is 1. The van der Waals surface area contributed by atoms with Crippen LogP contribution in [0.2, 0.25) is 0 Å². The summed E-state index contributed by atoms with van der Waals surface area (Å²) >= 11 is 1.35. The molecule has 0 fully saturated rings. The first-order chi connectivity index (χ1) is 8.31. The molecule has 86 valence electrons. The molecule has 0 spiro atoms. The second kappa shape index (κ2) is 5.41. The van der Waals surface area contributed by atoms with Gasteiger partial charge in [-0.2, -0.15) is 0 Å². The van der Waals surface area contributed by atoms with Crippen molar-refractivity contribution in [3.05, 3.63) is 58.3 Å². The van der Waals surface area contributed by atoms with Crippen molar-refractivity contribution in [3.63, 3.8) is 0 Å². The third kappa shape index (κ3) is 2.79. The number of nitrogens with one attached hydrogen (secondary N) is 1. The molecule has 1 aromatic heterocycles. The summed E-state index contributed by atoms with van der Waals surface area (Å²) in [5, 5.41) is 4.52. The Kier molecular flexibility index (Phi) is 3.67. The van der Waals surface area contributed by atoms with Crippen LogP contribution in [-0.4, -0.2) is 12.2 Å². The highest BCUT2D eigenvalue weighted by Gasteiger charge is 2.14. The van der Waals surface area contributed by atoms with Crippen LogP contribution in [0.1, 0.15) is 21.3 Å². The summed E-state index contributed by atoms with van der Waals surface area (Å²) in [5.41, 5.74) is 0.785. The first kappa shape index (κ1) is 11.5. The van der Waals surface area contributed by atoms with E-state index in [0.29, 0.717) is 4.88 Å². The number of amides is 1. The minimum atomic E-state index is -0.592. The van der Waals surface area contributed by atoms with E-state index in [0.717, 1.165) is 11.8 Å². The molecule has 0 saturated carbocycles. The van der Waals surface area contributed by atoms with Gasteiger partial charge in [0.2, 0.25) is 0 Å². The van der Waals surface area contributed by atoms with Gasteiger partial charge in [0, 0.05) is 0 Å². The molecular formula is C13H11NO2S. The second-order valence-electron chi connectivity index (χ2n) is 3.48. The van der Waals surface area contributed by atoms with E-state index in [1.54, 1.807) is 12.1 Å². The Morgan fingerprint density at radius 1 is 1.18 bits per heavy atom. The maximum atomic E-state index is 11.8. The highest BCUT2D eigenvalue weighted by atomic mass is 32.1. The van der Waals surface area contributed by atoms with Crippen molar-refractivity contribution in [2.24, 2.45) is 0 Å².